The molecule has 1 saturated heterocycles. The molecule has 0 bridgehead atoms. The van der Waals surface area contributed by atoms with Crippen molar-refractivity contribution in [3.8, 4) is 6.07 Å². The van der Waals surface area contributed by atoms with Crippen LogP contribution >= 0.6 is 0 Å². The molecular formula is C9H7FN4O3S. The molecule has 9 heteroatoms. The summed E-state index contributed by atoms with van der Waals surface area (Å²) in [4.78, 5) is 20.1. The molecule has 1 aliphatic heterocycles. The second-order valence-electron chi connectivity index (χ2n) is 3.68. The Morgan fingerprint density at radius 1 is 1.44 bits per heavy atom. The van der Waals surface area contributed by atoms with Gasteiger partial charge in [0.15, 0.2) is 11.5 Å². The molecule has 2 rings (SSSR count). The van der Waals surface area contributed by atoms with Crippen LogP contribution in [0, 0.1) is 11.3 Å². The van der Waals surface area contributed by atoms with Gasteiger partial charge in [-0.3, -0.25) is 9.69 Å². The van der Waals surface area contributed by atoms with Crippen molar-refractivity contribution in [2.75, 3.05) is 11.4 Å². The van der Waals surface area contributed by atoms with Crippen molar-refractivity contribution < 1.29 is 17.1 Å². The number of anilines is 1. The average Bonchev–Trinajstić information content (AvgIpc) is 2.71. The third-order valence-electron chi connectivity index (χ3n) is 2.52. The first-order valence-electron chi connectivity index (χ1n) is 4.88. The van der Waals surface area contributed by atoms with Crippen LogP contribution in [0.4, 0.5) is 9.70 Å². The van der Waals surface area contributed by atoms with E-state index in [2.05, 4.69) is 9.97 Å². The highest BCUT2D eigenvalue weighted by molar-refractivity contribution is 7.87. The van der Waals surface area contributed by atoms with E-state index in [0.29, 0.717) is 0 Å². The number of hydrogen-bond acceptors (Lipinski definition) is 6. The van der Waals surface area contributed by atoms with Crippen molar-refractivity contribution in [2.45, 2.75) is 11.7 Å². The van der Waals surface area contributed by atoms with Crippen LogP contribution in [0.3, 0.4) is 0 Å². The van der Waals surface area contributed by atoms with Gasteiger partial charge in [-0.15, -0.1) is 3.89 Å². The Morgan fingerprint density at radius 3 is 2.61 bits per heavy atom. The van der Waals surface area contributed by atoms with E-state index in [1.807, 2.05) is 0 Å². The number of halogens is 1. The molecule has 1 aromatic rings. The molecule has 0 saturated carbocycles. The Labute approximate surface area is 102 Å². The summed E-state index contributed by atoms with van der Waals surface area (Å²) < 4.78 is 34.3. The summed E-state index contributed by atoms with van der Waals surface area (Å²) in [5, 5.41) is 7.16. The summed E-state index contributed by atoms with van der Waals surface area (Å²) in [5.74, 6) is -0.439. The molecule has 0 aliphatic carbocycles. The minimum absolute atomic E-state index is 0.0695. The van der Waals surface area contributed by atoms with E-state index in [1.54, 1.807) is 6.07 Å². The highest BCUT2D eigenvalue weighted by Gasteiger charge is 2.39. The predicted molar refractivity (Wildman–Crippen MR) is 57.5 cm³/mol. The number of nitriles is 1. The molecular weight excluding hydrogens is 263 g/mol. The van der Waals surface area contributed by atoms with Gasteiger partial charge >= 0.3 is 10.2 Å². The lowest BCUT2D eigenvalue weighted by atomic mass is 10.4. The third-order valence-corrected chi connectivity index (χ3v) is 3.63. The SMILES string of the molecule is N#Cc1cnc(N2CC(S(=O)(=O)F)CC2=O)cn1. The lowest BCUT2D eigenvalue weighted by molar-refractivity contribution is -0.117. The zero-order valence-electron chi connectivity index (χ0n) is 8.95. The highest BCUT2D eigenvalue weighted by atomic mass is 32.3. The molecule has 18 heavy (non-hydrogen) atoms. The minimum atomic E-state index is -4.75. The second-order valence-corrected chi connectivity index (χ2v) is 5.30. The molecule has 7 nitrogen and oxygen atoms in total. The van der Waals surface area contributed by atoms with Crippen molar-refractivity contribution in [1.82, 2.24) is 9.97 Å². The zero-order valence-corrected chi connectivity index (χ0v) is 9.76. The molecule has 1 aliphatic rings. The van der Waals surface area contributed by atoms with E-state index in [1.165, 1.54) is 6.20 Å². The van der Waals surface area contributed by atoms with E-state index in [0.717, 1.165) is 11.1 Å². The minimum Gasteiger partial charge on any atom is -0.294 e. The van der Waals surface area contributed by atoms with E-state index < -0.39 is 27.8 Å². The fraction of sp³-hybridized carbons (Fsp3) is 0.333. The number of carbonyl (C=O) groups is 1. The molecule has 1 aromatic heterocycles. The Kier molecular flexibility index (Phi) is 2.96. The van der Waals surface area contributed by atoms with E-state index in [4.69, 9.17) is 5.26 Å². The summed E-state index contributed by atoms with van der Waals surface area (Å²) in [7, 11) is -4.75. The van der Waals surface area contributed by atoms with Gasteiger partial charge < -0.3 is 0 Å². The van der Waals surface area contributed by atoms with Crippen LogP contribution in [0.5, 0.6) is 0 Å². The predicted octanol–water partition coefficient (Wildman–Crippen LogP) is -0.247. The summed E-state index contributed by atoms with van der Waals surface area (Å²) in [6.45, 7) is -0.293. The lowest BCUT2D eigenvalue weighted by Crippen LogP contribution is -2.27. The van der Waals surface area contributed by atoms with Gasteiger partial charge in [0, 0.05) is 13.0 Å². The largest absolute Gasteiger partial charge is 0.307 e. The maximum atomic E-state index is 12.8. The molecule has 1 unspecified atom stereocenters. The molecule has 0 spiro atoms. The number of aromatic nitrogens is 2. The van der Waals surface area contributed by atoms with Gasteiger partial charge in [0.05, 0.1) is 12.4 Å². The number of nitrogens with zero attached hydrogens (tertiary/aromatic N) is 4. The Bertz CT molecular complexity index is 622. The quantitative estimate of drug-likeness (QED) is 0.686. The summed E-state index contributed by atoms with van der Waals surface area (Å²) in [6.07, 6.45) is 1.91. The van der Waals surface area contributed by atoms with Crippen molar-refractivity contribution in [3.05, 3.63) is 18.1 Å². The zero-order chi connectivity index (χ0) is 13.3. The molecule has 94 valence electrons. The van der Waals surface area contributed by atoms with Gasteiger partial charge in [-0.1, -0.05) is 0 Å². The molecule has 0 aromatic carbocycles. The lowest BCUT2D eigenvalue weighted by Gasteiger charge is -2.13. The Morgan fingerprint density at radius 2 is 2.17 bits per heavy atom. The van der Waals surface area contributed by atoms with Crippen LogP contribution in [0.15, 0.2) is 12.4 Å². The Hall–Kier alpha value is -2.08. The monoisotopic (exact) mass is 270 g/mol. The summed E-state index contributed by atoms with van der Waals surface area (Å²) in [6, 6.07) is 1.76. The average molecular weight is 270 g/mol. The molecule has 0 radical (unpaired) electrons. The second kappa shape index (κ2) is 4.30. The third kappa shape index (κ3) is 2.28. The maximum absolute atomic E-state index is 12.8. The van der Waals surface area contributed by atoms with Crippen LogP contribution < -0.4 is 4.90 Å². The van der Waals surface area contributed by atoms with Crippen molar-refractivity contribution >= 4 is 21.9 Å². The molecule has 1 atom stereocenters. The van der Waals surface area contributed by atoms with Gasteiger partial charge in [-0.05, 0) is 0 Å². The molecule has 0 N–H and O–H groups in total. The van der Waals surface area contributed by atoms with Crippen LogP contribution in [0.1, 0.15) is 12.1 Å². The molecule has 1 amide bonds. The molecule has 2 heterocycles. The Balaban J connectivity index is 2.25. The van der Waals surface area contributed by atoms with Gasteiger partial charge in [-0.2, -0.15) is 13.7 Å². The van der Waals surface area contributed by atoms with Crippen LogP contribution in [-0.2, 0) is 15.0 Å². The number of rotatable bonds is 2. The van der Waals surface area contributed by atoms with Crippen molar-refractivity contribution in [3.63, 3.8) is 0 Å². The van der Waals surface area contributed by atoms with Gasteiger partial charge in [-0.25, -0.2) is 9.97 Å². The normalized spacial score (nSPS) is 19.9. The van der Waals surface area contributed by atoms with E-state index in [-0.39, 0.29) is 18.1 Å². The first kappa shape index (κ1) is 12.4. The fourth-order valence-corrected chi connectivity index (χ4v) is 2.27. The van der Waals surface area contributed by atoms with Crippen molar-refractivity contribution in [2.24, 2.45) is 0 Å². The summed E-state index contributed by atoms with van der Waals surface area (Å²) >= 11 is 0. The van der Waals surface area contributed by atoms with Gasteiger partial charge in [0.25, 0.3) is 0 Å². The van der Waals surface area contributed by atoms with E-state index >= 15 is 0 Å². The topological polar surface area (TPSA) is 104 Å². The van der Waals surface area contributed by atoms with E-state index in [9.17, 15) is 17.1 Å². The van der Waals surface area contributed by atoms with Crippen molar-refractivity contribution in [1.29, 1.82) is 5.26 Å². The maximum Gasteiger partial charge on any atom is 0.307 e. The number of amides is 1. The van der Waals surface area contributed by atoms with Gasteiger partial charge in [0.1, 0.15) is 11.3 Å². The first-order valence-corrected chi connectivity index (χ1v) is 6.32. The first-order chi connectivity index (χ1) is 8.41. The highest BCUT2D eigenvalue weighted by Crippen LogP contribution is 2.23. The number of carbonyl (C=O) groups excluding carboxylic acids is 1. The smallest absolute Gasteiger partial charge is 0.294 e. The van der Waals surface area contributed by atoms with Gasteiger partial charge in [0.2, 0.25) is 5.91 Å². The van der Waals surface area contributed by atoms with Crippen LogP contribution in [0.2, 0.25) is 0 Å². The van der Waals surface area contributed by atoms with Crippen LogP contribution in [-0.4, -0.2) is 36.1 Å². The standard InChI is InChI=1S/C9H7FN4O3S/c10-18(16,17)7-1-9(15)14(5-7)8-4-12-6(2-11)3-13-8/h3-4,7H,1,5H2. The number of hydrogen-bond donors (Lipinski definition) is 0. The summed E-state index contributed by atoms with van der Waals surface area (Å²) in [5.41, 5.74) is 0.0695. The fourth-order valence-electron chi connectivity index (χ4n) is 1.60. The molecule has 1 fully saturated rings. The van der Waals surface area contributed by atoms with Crippen LogP contribution in [0.25, 0.3) is 0 Å².